The molecule has 0 unspecified atom stereocenters. The number of hydrogen-bond donors (Lipinski definition) is 3. The summed E-state index contributed by atoms with van der Waals surface area (Å²) in [5.41, 5.74) is 10.6. The summed E-state index contributed by atoms with van der Waals surface area (Å²) in [6.45, 7) is 5.63. The van der Waals surface area contributed by atoms with E-state index in [1.807, 2.05) is 30.3 Å². The van der Waals surface area contributed by atoms with Crippen molar-refractivity contribution in [3.63, 3.8) is 0 Å². The number of likely N-dealkylation sites (tertiary alicyclic amines) is 1. The van der Waals surface area contributed by atoms with Gasteiger partial charge in [-0.05, 0) is 43.7 Å². The number of piperidine rings is 1. The van der Waals surface area contributed by atoms with Crippen LogP contribution < -0.4 is 16.2 Å². The highest BCUT2D eigenvalue weighted by Crippen LogP contribution is 2.30. The van der Waals surface area contributed by atoms with E-state index in [0.717, 1.165) is 47.3 Å². The van der Waals surface area contributed by atoms with Crippen molar-refractivity contribution in [2.75, 3.05) is 37.3 Å². The number of rotatable bonds is 4. The van der Waals surface area contributed by atoms with E-state index < -0.39 is 0 Å². The predicted molar refractivity (Wildman–Crippen MR) is 128 cm³/mol. The summed E-state index contributed by atoms with van der Waals surface area (Å²) in [5.74, 6) is 0.496. The average Bonchev–Trinajstić information content (AvgIpc) is 3.21. The Balaban J connectivity index is 1.49. The number of aromatic nitrogens is 3. The maximum Gasteiger partial charge on any atom is 0.261 e. The van der Waals surface area contributed by atoms with Crippen molar-refractivity contribution >= 4 is 33.3 Å². The Hall–Kier alpha value is -3.32. The van der Waals surface area contributed by atoms with Gasteiger partial charge in [0.05, 0.1) is 22.2 Å². The molecular formula is C24H28N6O. The lowest BCUT2D eigenvalue weighted by molar-refractivity contribution is 0.221. The molecule has 0 amide bonds. The quantitative estimate of drug-likeness (QED) is 0.473. The molecule has 2 aromatic carbocycles. The molecule has 4 aromatic rings. The first-order valence-corrected chi connectivity index (χ1v) is 10.9. The van der Waals surface area contributed by atoms with Crippen molar-refractivity contribution in [3.05, 3.63) is 52.8 Å². The van der Waals surface area contributed by atoms with Crippen molar-refractivity contribution in [2.24, 2.45) is 0 Å². The van der Waals surface area contributed by atoms with Gasteiger partial charge >= 0.3 is 0 Å². The van der Waals surface area contributed by atoms with Gasteiger partial charge in [0.2, 0.25) is 0 Å². The molecule has 4 N–H and O–H groups in total. The summed E-state index contributed by atoms with van der Waals surface area (Å²) in [7, 11) is 2.16. The van der Waals surface area contributed by atoms with E-state index in [9.17, 15) is 4.79 Å². The maximum atomic E-state index is 12.8. The SMILES string of the molecule is CCN1CCC(N(C)c2ccc3nc(-c4c(N)c5ccccc5[nH]c4=O)[nH]c3c2)CC1. The number of imidazole rings is 1. The highest BCUT2D eigenvalue weighted by molar-refractivity contribution is 5.97. The molecule has 3 heterocycles. The molecule has 0 radical (unpaired) electrons. The molecule has 31 heavy (non-hydrogen) atoms. The fraction of sp³-hybridized carbons (Fsp3) is 0.333. The van der Waals surface area contributed by atoms with Crippen molar-refractivity contribution in [3.8, 4) is 11.4 Å². The van der Waals surface area contributed by atoms with Gasteiger partial charge in [0, 0.05) is 37.3 Å². The van der Waals surface area contributed by atoms with Gasteiger partial charge in [0.25, 0.3) is 5.56 Å². The van der Waals surface area contributed by atoms with Gasteiger partial charge in [-0.3, -0.25) is 4.79 Å². The largest absolute Gasteiger partial charge is 0.397 e. The van der Waals surface area contributed by atoms with Crippen molar-refractivity contribution in [2.45, 2.75) is 25.8 Å². The standard InChI is InChI=1S/C24H28N6O/c1-3-30-12-10-15(11-13-30)29(2)16-8-9-19-20(14-16)27-23(26-19)21-22(25)17-6-4-5-7-18(17)28-24(21)31/h4-9,14-15H,3,10-13H2,1-2H3,(H,26,27)(H3,25,28,31). The van der Waals surface area contributed by atoms with E-state index in [1.165, 1.54) is 12.8 Å². The Morgan fingerprint density at radius 3 is 2.68 bits per heavy atom. The molecule has 1 aliphatic rings. The van der Waals surface area contributed by atoms with Crippen LogP contribution >= 0.6 is 0 Å². The average molecular weight is 417 g/mol. The summed E-state index contributed by atoms with van der Waals surface area (Å²) in [6.07, 6.45) is 2.33. The molecule has 1 fully saturated rings. The second-order valence-corrected chi connectivity index (χ2v) is 8.35. The number of pyridine rings is 1. The second-order valence-electron chi connectivity index (χ2n) is 8.35. The zero-order valence-electron chi connectivity index (χ0n) is 18.0. The summed E-state index contributed by atoms with van der Waals surface area (Å²) < 4.78 is 0. The number of nitrogen functional groups attached to an aromatic ring is 1. The van der Waals surface area contributed by atoms with Crippen LogP contribution in [0.2, 0.25) is 0 Å². The zero-order valence-corrected chi connectivity index (χ0v) is 18.0. The highest BCUT2D eigenvalue weighted by Gasteiger charge is 2.22. The Morgan fingerprint density at radius 2 is 1.90 bits per heavy atom. The molecule has 5 rings (SSSR count). The number of hydrogen-bond acceptors (Lipinski definition) is 5. The number of nitrogens with zero attached hydrogens (tertiary/aromatic N) is 3. The summed E-state index contributed by atoms with van der Waals surface area (Å²) >= 11 is 0. The fourth-order valence-electron chi connectivity index (χ4n) is 4.67. The van der Waals surface area contributed by atoms with Crippen LogP contribution in [0, 0.1) is 0 Å². The number of anilines is 2. The van der Waals surface area contributed by atoms with Crippen LogP contribution in [0.1, 0.15) is 19.8 Å². The van der Waals surface area contributed by atoms with Crippen LogP contribution in [0.15, 0.2) is 47.3 Å². The fourth-order valence-corrected chi connectivity index (χ4v) is 4.67. The molecule has 1 aliphatic heterocycles. The number of para-hydroxylation sites is 1. The van der Waals surface area contributed by atoms with Gasteiger partial charge in [-0.1, -0.05) is 25.1 Å². The second kappa shape index (κ2) is 7.74. The van der Waals surface area contributed by atoms with Crippen LogP contribution in [-0.2, 0) is 0 Å². The lowest BCUT2D eigenvalue weighted by atomic mass is 10.0. The molecule has 0 atom stereocenters. The number of aromatic amines is 2. The smallest absolute Gasteiger partial charge is 0.261 e. The normalized spacial score (nSPS) is 15.7. The lowest BCUT2D eigenvalue weighted by Crippen LogP contribution is -2.43. The Morgan fingerprint density at radius 1 is 1.13 bits per heavy atom. The first-order chi connectivity index (χ1) is 15.0. The van der Waals surface area contributed by atoms with Crippen LogP contribution in [0.25, 0.3) is 33.3 Å². The van der Waals surface area contributed by atoms with Gasteiger partial charge in [-0.15, -0.1) is 0 Å². The zero-order chi connectivity index (χ0) is 21.5. The van der Waals surface area contributed by atoms with Gasteiger partial charge in [0.15, 0.2) is 0 Å². The third-order valence-electron chi connectivity index (χ3n) is 6.62. The lowest BCUT2D eigenvalue weighted by Gasteiger charge is -2.37. The Kier molecular flexibility index (Phi) is 4.90. The summed E-state index contributed by atoms with van der Waals surface area (Å²) in [5, 5.41) is 0.816. The topological polar surface area (TPSA) is 94.0 Å². The molecule has 0 spiro atoms. The molecule has 0 aliphatic carbocycles. The third kappa shape index (κ3) is 3.45. The van der Waals surface area contributed by atoms with Crippen LogP contribution in [0.3, 0.4) is 0 Å². The molecule has 0 saturated carbocycles. The number of nitrogens with two attached hydrogens (primary N) is 1. The van der Waals surface area contributed by atoms with E-state index in [1.54, 1.807) is 0 Å². The van der Waals surface area contributed by atoms with Crippen molar-refractivity contribution in [1.29, 1.82) is 0 Å². The van der Waals surface area contributed by atoms with E-state index in [4.69, 9.17) is 5.73 Å². The van der Waals surface area contributed by atoms with E-state index in [2.05, 4.69) is 50.9 Å². The van der Waals surface area contributed by atoms with Gasteiger partial charge in [0.1, 0.15) is 11.4 Å². The summed E-state index contributed by atoms with van der Waals surface area (Å²) in [4.78, 5) is 28.5. The minimum absolute atomic E-state index is 0.240. The first kappa shape index (κ1) is 19.6. The molecule has 7 heteroatoms. The van der Waals surface area contributed by atoms with Crippen LogP contribution in [0.5, 0.6) is 0 Å². The van der Waals surface area contributed by atoms with E-state index >= 15 is 0 Å². The number of nitrogens with one attached hydrogen (secondary N) is 2. The van der Waals surface area contributed by atoms with Gasteiger partial charge in [-0.25, -0.2) is 4.98 Å². The molecular weight excluding hydrogens is 388 g/mol. The van der Waals surface area contributed by atoms with Crippen LogP contribution in [-0.4, -0.2) is 52.6 Å². The molecule has 160 valence electrons. The minimum atomic E-state index is -0.240. The van der Waals surface area contributed by atoms with E-state index in [-0.39, 0.29) is 5.56 Å². The Bertz CT molecular complexity index is 1300. The molecule has 1 saturated heterocycles. The maximum absolute atomic E-state index is 12.8. The van der Waals surface area contributed by atoms with Gasteiger partial charge in [-0.2, -0.15) is 0 Å². The minimum Gasteiger partial charge on any atom is -0.397 e. The highest BCUT2D eigenvalue weighted by atomic mass is 16.1. The number of benzene rings is 2. The first-order valence-electron chi connectivity index (χ1n) is 10.9. The molecule has 0 bridgehead atoms. The molecule has 7 nitrogen and oxygen atoms in total. The van der Waals surface area contributed by atoms with Crippen molar-refractivity contribution < 1.29 is 0 Å². The summed E-state index contributed by atoms with van der Waals surface area (Å²) in [6, 6.07) is 14.3. The van der Waals surface area contributed by atoms with Crippen molar-refractivity contribution in [1.82, 2.24) is 19.9 Å². The van der Waals surface area contributed by atoms with Gasteiger partial charge < -0.3 is 25.5 Å². The third-order valence-corrected chi connectivity index (χ3v) is 6.62. The predicted octanol–water partition coefficient (Wildman–Crippen LogP) is 3.57. The van der Waals surface area contributed by atoms with Crippen LogP contribution in [0.4, 0.5) is 11.4 Å². The van der Waals surface area contributed by atoms with E-state index in [0.29, 0.717) is 23.1 Å². The molecule has 2 aromatic heterocycles. The number of fused-ring (bicyclic) bond motifs is 2. The number of H-pyrrole nitrogens is 2. The Labute approximate surface area is 180 Å². The monoisotopic (exact) mass is 416 g/mol.